The fourth-order valence-electron chi connectivity index (χ4n) is 3.96. The van der Waals surface area contributed by atoms with Crippen molar-refractivity contribution in [3.63, 3.8) is 0 Å². The Labute approximate surface area is 127 Å². The van der Waals surface area contributed by atoms with E-state index in [4.69, 9.17) is 5.84 Å². The Balaban J connectivity index is 1.95. The average Bonchev–Trinajstić information content (AvgIpc) is 2.93. The first-order valence-corrected chi connectivity index (χ1v) is 8.35. The van der Waals surface area contributed by atoms with Crippen LogP contribution >= 0.6 is 0 Å². The predicted molar refractivity (Wildman–Crippen MR) is 82.3 cm³/mol. The van der Waals surface area contributed by atoms with Crippen LogP contribution in [-0.2, 0) is 9.59 Å². The summed E-state index contributed by atoms with van der Waals surface area (Å²) >= 11 is 0. The molecule has 0 radical (unpaired) electrons. The Morgan fingerprint density at radius 2 is 1.81 bits per heavy atom. The summed E-state index contributed by atoms with van der Waals surface area (Å²) in [6, 6.07) is 0.378. The highest BCUT2D eigenvalue weighted by Crippen LogP contribution is 2.32. The van der Waals surface area contributed by atoms with E-state index in [9.17, 15) is 9.59 Å². The molecule has 1 heterocycles. The summed E-state index contributed by atoms with van der Waals surface area (Å²) in [7, 11) is 0. The van der Waals surface area contributed by atoms with E-state index in [-0.39, 0.29) is 23.5 Å². The van der Waals surface area contributed by atoms with Gasteiger partial charge in [0.2, 0.25) is 5.91 Å². The molecule has 1 aliphatic carbocycles. The van der Waals surface area contributed by atoms with Crippen molar-refractivity contribution in [3.05, 3.63) is 0 Å². The molecule has 0 bridgehead atoms. The summed E-state index contributed by atoms with van der Waals surface area (Å²) in [4.78, 5) is 26.8. The maximum atomic E-state index is 12.6. The molecule has 2 N–H and O–H groups in total. The van der Waals surface area contributed by atoms with Crippen molar-refractivity contribution in [1.29, 1.82) is 0 Å². The molecule has 1 amide bonds. The molecule has 3 atom stereocenters. The average molecular weight is 295 g/mol. The van der Waals surface area contributed by atoms with Crippen LogP contribution in [0.1, 0.15) is 52.4 Å². The second-order valence-electron chi connectivity index (χ2n) is 6.52. The molecular weight excluding hydrogens is 266 g/mol. The van der Waals surface area contributed by atoms with Crippen molar-refractivity contribution in [3.8, 4) is 0 Å². The van der Waals surface area contributed by atoms with Crippen LogP contribution in [0.25, 0.3) is 0 Å². The molecule has 1 saturated carbocycles. The van der Waals surface area contributed by atoms with Gasteiger partial charge in [0.1, 0.15) is 5.78 Å². The molecule has 2 aliphatic rings. The van der Waals surface area contributed by atoms with Crippen LogP contribution in [-0.4, -0.2) is 47.3 Å². The maximum absolute atomic E-state index is 12.6. The summed E-state index contributed by atoms with van der Waals surface area (Å²) in [5, 5.41) is 1.39. The first kappa shape index (κ1) is 16.4. The first-order valence-electron chi connectivity index (χ1n) is 8.35. The minimum atomic E-state index is -0.197. The highest BCUT2D eigenvalue weighted by atomic mass is 16.2. The molecule has 5 nitrogen and oxygen atoms in total. The lowest BCUT2D eigenvalue weighted by molar-refractivity contribution is -0.143. The quantitative estimate of drug-likeness (QED) is 0.475. The third-order valence-corrected chi connectivity index (χ3v) is 5.20. The number of likely N-dealkylation sites (tertiary alicyclic amines) is 1. The van der Waals surface area contributed by atoms with Crippen LogP contribution in [0.4, 0.5) is 0 Å². The van der Waals surface area contributed by atoms with Gasteiger partial charge in [-0.25, -0.2) is 5.84 Å². The number of nitrogens with zero attached hydrogens (tertiary/aromatic N) is 2. The summed E-state index contributed by atoms with van der Waals surface area (Å²) in [5.74, 6) is 5.84. The van der Waals surface area contributed by atoms with E-state index in [1.54, 1.807) is 6.92 Å². The van der Waals surface area contributed by atoms with Gasteiger partial charge in [-0.3, -0.25) is 19.5 Å². The molecule has 21 heavy (non-hydrogen) atoms. The molecule has 2 fully saturated rings. The first-order chi connectivity index (χ1) is 10.0. The van der Waals surface area contributed by atoms with Crippen molar-refractivity contribution in [2.75, 3.05) is 19.6 Å². The van der Waals surface area contributed by atoms with Crippen LogP contribution < -0.4 is 5.84 Å². The number of hydrogen-bond acceptors (Lipinski definition) is 4. The van der Waals surface area contributed by atoms with Crippen LogP contribution in [0.15, 0.2) is 0 Å². The molecule has 0 aromatic carbocycles. The second-order valence-corrected chi connectivity index (χ2v) is 6.52. The van der Waals surface area contributed by atoms with Gasteiger partial charge in [-0.1, -0.05) is 19.8 Å². The molecule has 0 aromatic rings. The molecule has 5 heteroatoms. The van der Waals surface area contributed by atoms with E-state index in [0.717, 1.165) is 45.2 Å². The van der Waals surface area contributed by atoms with Gasteiger partial charge in [0.25, 0.3) is 0 Å². The molecule has 1 aliphatic heterocycles. The van der Waals surface area contributed by atoms with Crippen LogP contribution in [0.3, 0.4) is 0 Å². The van der Waals surface area contributed by atoms with Gasteiger partial charge in [0, 0.05) is 17.9 Å². The normalized spacial score (nSPS) is 30.3. The smallest absolute Gasteiger partial charge is 0.240 e. The lowest BCUT2D eigenvalue weighted by atomic mass is 9.76. The number of hydrazine groups is 1. The summed E-state index contributed by atoms with van der Waals surface area (Å²) in [6.45, 7) is 6.45. The van der Waals surface area contributed by atoms with Crippen molar-refractivity contribution in [2.24, 2.45) is 17.7 Å². The summed E-state index contributed by atoms with van der Waals surface area (Å²) < 4.78 is 0. The highest BCUT2D eigenvalue weighted by molar-refractivity contribution is 5.87. The van der Waals surface area contributed by atoms with E-state index in [1.165, 1.54) is 11.4 Å². The molecule has 3 unspecified atom stereocenters. The highest BCUT2D eigenvalue weighted by Gasteiger charge is 2.36. The maximum Gasteiger partial charge on any atom is 0.240 e. The number of hydrogen-bond donors (Lipinski definition) is 1. The lowest BCUT2D eigenvalue weighted by Crippen LogP contribution is -2.50. The topological polar surface area (TPSA) is 66.6 Å². The number of rotatable bonds is 5. The van der Waals surface area contributed by atoms with Crippen molar-refractivity contribution in [1.82, 2.24) is 9.91 Å². The number of nitrogens with two attached hydrogens (primary N) is 1. The third-order valence-electron chi connectivity index (χ3n) is 5.20. The molecule has 120 valence electrons. The molecule has 0 aromatic heterocycles. The Morgan fingerprint density at radius 3 is 2.43 bits per heavy atom. The van der Waals surface area contributed by atoms with Gasteiger partial charge in [-0.05, 0) is 45.7 Å². The van der Waals surface area contributed by atoms with Gasteiger partial charge in [0.05, 0.1) is 6.54 Å². The summed E-state index contributed by atoms with van der Waals surface area (Å²) in [5.41, 5.74) is 0. The molecule has 1 saturated heterocycles. The van der Waals surface area contributed by atoms with Crippen LogP contribution in [0.5, 0.6) is 0 Å². The van der Waals surface area contributed by atoms with Gasteiger partial charge >= 0.3 is 0 Å². The van der Waals surface area contributed by atoms with Crippen molar-refractivity contribution >= 4 is 11.7 Å². The van der Waals surface area contributed by atoms with Gasteiger partial charge in [0.15, 0.2) is 0 Å². The summed E-state index contributed by atoms with van der Waals surface area (Å²) in [6.07, 6.45) is 6.00. The number of likely N-dealkylation sites (N-methyl/N-ethyl adjacent to an activating group) is 1. The molecular formula is C16H29N3O2. The number of carbonyl (C=O) groups excluding carboxylic acids is 2. The third kappa shape index (κ3) is 3.83. The number of Topliss-reactive ketones (excluding diaryl/α,β-unsaturated/α-hetero) is 1. The molecule has 2 rings (SSSR count). The minimum absolute atomic E-state index is 0.0298. The lowest BCUT2D eigenvalue weighted by Gasteiger charge is -2.33. The number of carbonyl (C=O) groups is 2. The zero-order valence-electron chi connectivity index (χ0n) is 13.4. The Hall–Kier alpha value is -0.940. The fraction of sp³-hybridized carbons (Fsp3) is 0.875. The zero-order chi connectivity index (χ0) is 15.4. The van der Waals surface area contributed by atoms with Crippen LogP contribution in [0.2, 0.25) is 0 Å². The van der Waals surface area contributed by atoms with E-state index in [1.807, 2.05) is 0 Å². The number of ketones is 1. The van der Waals surface area contributed by atoms with Gasteiger partial charge < -0.3 is 0 Å². The van der Waals surface area contributed by atoms with Gasteiger partial charge in [-0.2, -0.15) is 0 Å². The van der Waals surface area contributed by atoms with Crippen molar-refractivity contribution in [2.45, 2.75) is 58.4 Å². The van der Waals surface area contributed by atoms with Crippen LogP contribution in [0, 0.1) is 11.8 Å². The fourth-order valence-corrected chi connectivity index (χ4v) is 3.96. The Kier molecular flexibility index (Phi) is 5.76. The van der Waals surface area contributed by atoms with E-state index in [0.29, 0.717) is 12.6 Å². The zero-order valence-corrected chi connectivity index (χ0v) is 13.4. The minimum Gasteiger partial charge on any atom is -0.300 e. The Morgan fingerprint density at radius 1 is 1.14 bits per heavy atom. The second kappa shape index (κ2) is 7.36. The van der Waals surface area contributed by atoms with E-state index < -0.39 is 0 Å². The molecule has 0 spiro atoms. The van der Waals surface area contributed by atoms with Crippen molar-refractivity contribution < 1.29 is 9.59 Å². The SMILES string of the molecule is CCN1CCCC1CN(N)C(=O)C1CCCCC1C(C)=O. The monoisotopic (exact) mass is 295 g/mol. The number of amides is 1. The Bertz CT molecular complexity index is 386. The standard InChI is InChI=1S/C16H29N3O2/c1-3-18-10-6-7-13(18)11-19(17)16(21)15-9-5-4-8-14(15)12(2)20/h13-15H,3-11,17H2,1-2H3. The largest absolute Gasteiger partial charge is 0.300 e. The van der Waals surface area contributed by atoms with E-state index >= 15 is 0 Å². The van der Waals surface area contributed by atoms with Gasteiger partial charge in [-0.15, -0.1) is 0 Å². The van der Waals surface area contributed by atoms with E-state index in [2.05, 4.69) is 11.8 Å². The predicted octanol–water partition coefficient (Wildman–Crippen LogP) is 1.57.